The van der Waals surface area contributed by atoms with Gasteiger partial charge in [-0.3, -0.25) is 9.59 Å². The van der Waals surface area contributed by atoms with E-state index in [9.17, 15) is 9.59 Å². The molecule has 3 aliphatic heterocycles. The van der Waals surface area contributed by atoms with Crippen LogP contribution in [0.5, 0.6) is 0 Å². The topological polar surface area (TPSA) is 52.7 Å². The first-order chi connectivity index (χ1) is 11.1. The Hall–Kier alpha value is -2.04. The molecule has 1 aromatic carbocycles. The molecule has 4 rings (SSSR count). The van der Waals surface area contributed by atoms with Gasteiger partial charge in [-0.15, -0.1) is 0 Å². The van der Waals surface area contributed by atoms with Crippen LogP contribution in [0.25, 0.3) is 0 Å². The summed E-state index contributed by atoms with van der Waals surface area (Å²) in [6, 6.07) is 6.02. The molecule has 1 N–H and O–H groups in total. The number of piperidine rings is 1. The fraction of sp³-hybridized carbons (Fsp3) is 0.556. The van der Waals surface area contributed by atoms with E-state index in [1.807, 2.05) is 23.1 Å². The van der Waals surface area contributed by atoms with Crippen LogP contribution < -0.4 is 10.2 Å². The number of likely N-dealkylation sites (tertiary alicyclic amines) is 1. The van der Waals surface area contributed by atoms with Crippen molar-refractivity contribution >= 4 is 23.2 Å². The minimum Gasteiger partial charge on any atom is -0.358 e. The van der Waals surface area contributed by atoms with Crippen molar-refractivity contribution in [2.75, 3.05) is 23.3 Å². The highest BCUT2D eigenvalue weighted by Gasteiger charge is 2.36. The number of nitrogens with one attached hydrogen (secondary N) is 1. The van der Waals surface area contributed by atoms with Crippen LogP contribution in [0.1, 0.15) is 49.4 Å². The molecular formula is C18H23N3O2. The zero-order chi connectivity index (χ0) is 16.0. The predicted molar refractivity (Wildman–Crippen MR) is 89.8 cm³/mol. The molecule has 3 aliphatic rings. The van der Waals surface area contributed by atoms with Crippen molar-refractivity contribution in [3.63, 3.8) is 0 Å². The standard InChI is InChI=1S/C18H23N3O2/c1-12-5-2-3-9-20(12)18(23)13-7-8-15-14(11-13)19-17(22)16-6-4-10-21(15)16/h7-8,11-12,16H,2-6,9-10H2,1H3,(H,19,22)/t12-,16+/m0/s1. The van der Waals surface area contributed by atoms with Gasteiger partial charge in [0.1, 0.15) is 6.04 Å². The van der Waals surface area contributed by atoms with Gasteiger partial charge in [-0.2, -0.15) is 0 Å². The summed E-state index contributed by atoms with van der Waals surface area (Å²) >= 11 is 0. The van der Waals surface area contributed by atoms with Gasteiger partial charge < -0.3 is 15.1 Å². The molecule has 3 heterocycles. The molecule has 0 radical (unpaired) electrons. The van der Waals surface area contributed by atoms with Crippen molar-refractivity contribution < 1.29 is 9.59 Å². The molecular weight excluding hydrogens is 290 g/mol. The molecule has 5 nitrogen and oxygen atoms in total. The molecule has 0 aromatic heterocycles. The van der Waals surface area contributed by atoms with Gasteiger partial charge in [0.15, 0.2) is 0 Å². The summed E-state index contributed by atoms with van der Waals surface area (Å²) in [6.07, 6.45) is 5.30. The van der Waals surface area contributed by atoms with Gasteiger partial charge in [0.2, 0.25) is 5.91 Å². The van der Waals surface area contributed by atoms with Gasteiger partial charge in [0, 0.05) is 24.7 Å². The largest absolute Gasteiger partial charge is 0.358 e. The van der Waals surface area contributed by atoms with Gasteiger partial charge in [0.05, 0.1) is 11.4 Å². The van der Waals surface area contributed by atoms with Crippen LogP contribution in [0.15, 0.2) is 18.2 Å². The van der Waals surface area contributed by atoms with E-state index >= 15 is 0 Å². The minimum absolute atomic E-state index is 0.0360. The van der Waals surface area contributed by atoms with Crippen LogP contribution in [-0.4, -0.2) is 41.9 Å². The Morgan fingerprint density at radius 2 is 2.04 bits per heavy atom. The van der Waals surface area contributed by atoms with Gasteiger partial charge in [-0.1, -0.05) is 0 Å². The smallest absolute Gasteiger partial charge is 0.254 e. The minimum atomic E-state index is -0.0360. The van der Waals surface area contributed by atoms with Gasteiger partial charge in [0.25, 0.3) is 5.91 Å². The lowest BCUT2D eigenvalue weighted by Gasteiger charge is -2.35. The van der Waals surface area contributed by atoms with Gasteiger partial charge in [-0.25, -0.2) is 0 Å². The number of carbonyl (C=O) groups is 2. The number of hydrogen-bond acceptors (Lipinski definition) is 3. The zero-order valence-corrected chi connectivity index (χ0v) is 13.5. The maximum atomic E-state index is 12.8. The third-order valence-electron chi connectivity index (χ3n) is 5.43. The van der Waals surface area contributed by atoms with Crippen molar-refractivity contribution in [1.82, 2.24) is 4.90 Å². The molecule has 122 valence electrons. The number of rotatable bonds is 1. The van der Waals surface area contributed by atoms with E-state index in [0.717, 1.165) is 50.1 Å². The van der Waals surface area contributed by atoms with Crippen molar-refractivity contribution in [3.05, 3.63) is 23.8 Å². The van der Waals surface area contributed by atoms with Gasteiger partial charge >= 0.3 is 0 Å². The lowest BCUT2D eigenvalue weighted by atomic mass is 10.0. The number of nitrogens with zero attached hydrogens (tertiary/aromatic N) is 2. The Morgan fingerprint density at radius 1 is 1.17 bits per heavy atom. The second-order valence-electron chi connectivity index (χ2n) is 6.92. The Kier molecular flexibility index (Phi) is 3.51. The fourth-order valence-corrected chi connectivity index (χ4v) is 4.13. The van der Waals surface area contributed by atoms with Crippen LogP contribution in [0.4, 0.5) is 11.4 Å². The van der Waals surface area contributed by atoms with E-state index < -0.39 is 0 Å². The lowest BCUT2D eigenvalue weighted by molar-refractivity contribution is -0.117. The van der Waals surface area contributed by atoms with E-state index in [-0.39, 0.29) is 17.9 Å². The maximum Gasteiger partial charge on any atom is 0.254 e. The molecule has 0 unspecified atom stereocenters. The summed E-state index contributed by atoms with van der Waals surface area (Å²) in [5.74, 6) is 0.142. The third-order valence-corrected chi connectivity index (χ3v) is 5.43. The summed E-state index contributed by atoms with van der Waals surface area (Å²) in [7, 11) is 0. The average Bonchev–Trinajstić information content (AvgIpc) is 3.05. The van der Waals surface area contributed by atoms with Crippen LogP contribution in [0.2, 0.25) is 0 Å². The van der Waals surface area contributed by atoms with E-state index in [4.69, 9.17) is 0 Å². The van der Waals surface area contributed by atoms with Crippen LogP contribution >= 0.6 is 0 Å². The number of anilines is 2. The fourth-order valence-electron chi connectivity index (χ4n) is 4.13. The predicted octanol–water partition coefficient (Wildman–Crippen LogP) is 2.62. The monoisotopic (exact) mass is 313 g/mol. The third kappa shape index (κ3) is 2.38. The molecule has 0 saturated carbocycles. The normalized spacial score (nSPS) is 26.6. The maximum absolute atomic E-state index is 12.8. The molecule has 5 heteroatoms. The van der Waals surface area contributed by atoms with Crippen molar-refractivity contribution in [1.29, 1.82) is 0 Å². The van der Waals surface area contributed by atoms with E-state index in [1.54, 1.807) is 0 Å². The second kappa shape index (κ2) is 5.55. The summed E-state index contributed by atoms with van der Waals surface area (Å²) < 4.78 is 0. The molecule has 0 aliphatic carbocycles. The first-order valence-electron chi connectivity index (χ1n) is 8.67. The highest BCUT2D eigenvalue weighted by Crippen LogP contribution is 2.37. The quantitative estimate of drug-likeness (QED) is 0.867. The number of hydrogen-bond donors (Lipinski definition) is 1. The highest BCUT2D eigenvalue weighted by atomic mass is 16.2. The van der Waals surface area contributed by atoms with Crippen molar-refractivity contribution in [3.8, 4) is 0 Å². The Morgan fingerprint density at radius 3 is 2.87 bits per heavy atom. The summed E-state index contributed by atoms with van der Waals surface area (Å²) in [6.45, 7) is 3.87. The number of benzene rings is 1. The average molecular weight is 313 g/mol. The molecule has 2 amide bonds. The molecule has 0 spiro atoms. The zero-order valence-electron chi connectivity index (χ0n) is 13.5. The lowest BCUT2D eigenvalue weighted by Crippen LogP contribution is -2.44. The van der Waals surface area contributed by atoms with Crippen LogP contribution in [0.3, 0.4) is 0 Å². The Labute approximate surface area is 136 Å². The summed E-state index contributed by atoms with van der Waals surface area (Å²) in [5, 5.41) is 2.99. The molecule has 1 aromatic rings. The van der Waals surface area contributed by atoms with Crippen LogP contribution in [-0.2, 0) is 4.79 Å². The number of carbonyl (C=O) groups excluding carboxylic acids is 2. The molecule has 0 bridgehead atoms. The number of amides is 2. The highest BCUT2D eigenvalue weighted by molar-refractivity contribution is 6.06. The van der Waals surface area contributed by atoms with Crippen LogP contribution in [0, 0.1) is 0 Å². The summed E-state index contributed by atoms with van der Waals surface area (Å²) in [5.41, 5.74) is 2.51. The van der Waals surface area contributed by atoms with Crippen molar-refractivity contribution in [2.45, 2.75) is 51.1 Å². The molecule has 2 fully saturated rings. The van der Waals surface area contributed by atoms with E-state index in [2.05, 4.69) is 17.1 Å². The molecule has 23 heavy (non-hydrogen) atoms. The van der Waals surface area contributed by atoms with Gasteiger partial charge in [-0.05, 0) is 57.2 Å². The second-order valence-corrected chi connectivity index (χ2v) is 6.92. The Bertz CT molecular complexity index is 658. The SMILES string of the molecule is C[C@H]1CCCCN1C(=O)c1ccc2c(c1)NC(=O)[C@H]1CCCN21. The number of fused-ring (bicyclic) bond motifs is 3. The molecule has 2 atom stereocenters. The molecule has 2 saturated heterocycles. The first-order valence-corrected chi connectivity index (χ1v) is 8.67. The van der Waals surface area contributed by atoms with E-state index in [1.165, 1.54) is 6.42 Å². The first kappa shape index (κ1) is 14.5. The Balaban J connectivity index is 1.63. The van der Waals surface area contributed by atoms with Crippen molar-refractivity contribution in [2.24, 2.45) is 0 Å². The summed E-state index contributed by atoms with van der Waals surface area (Å²) in [4.78, 5) is 29.2. The van der Waals surface area contributed by atoms with E-state index in [0.29, 0.717) is 11.6 Å².